The van der Waals surface area contributed by atoms with Crippen LogP contribution in [0.4, 0.5) is 0 Å². The zero-order valence-electron chi connectivity index (χ0n) is 4.76. The molecular formula is C5H7BrN2O. The molecule has 0 aliphatic rings. The summed E-state index contributed by atoms with van der Waals surface area (Å²) in [5.41, 5.74) is 0.948. The van der Waals surface area contributed by atoms with Gasteiger partial charge in [-0.1, -0.05) is 0 Å². The van der Waals surface area contributed by atoms with E-state index in [0.29, 0.717) is 6.42 Å². The van der Waals surface area contributed by atoms with Crippen molar-refractivity contribution in [2.75, 3.05) is 6.61 Å². The van der Waals surface area contributed by atoms with Crippen LogP contribution in [0.15, 0.2) is 10.7 Å². The molecule has 4 heteroatoms. The van der Waals surface area contributed by atoms with Crippen molar-refractivity contribution in [3.05, 3.63) is 16.4 Å². The Morgan fingerprint density at radius 2 is 2.56 bits per heavy atom. The Hall–Kier alpha value is -0.350. The first-order valence-corrected chi connectivity index (χ1v) is 3.43. The zero-order valence-corrected chi connectivity index (χ0v) is 6.35. The molecule has 0 saturated carbocycles. The van der Waals surface area contributed by atoms with Crippen molar-refractivity contribution in [2.24, 2.45) is 0 Å². The van der Waals surface area contributed by atoms with Crippen LogP contribution in [0.5, 0.6) is 0 Å². The Morgan fingerprint density at radius 1 is 1.78 bits per heavy atom. The van der Waals surface area contributed by atoms with E-state index in [1.165, 1.54) is 0 Å². The van der Waals surface area contributed by atoms with E-state index in [2.05, 4.69) is 26.1 Å². The number of aromatic nitrogens is 2. The summed E-state index contributed by atoms with van der Waals surface area (Å²) in [7, 11) is 0. The van der Waals surface area contributed by atoms with Gasteiger partial charge in [-0.15, -0.1) is 0 Å². The molecule has 1 aromatic heterocycles. The molecule has 50 valence electrons. The molecule has 2 N–H and O–H groups in total. The van der Waals surface area contributed by atoms with Gasteiger partial charge in [-0.25, -0.2) is 0 Å². The molecule has 0 amide bonds. The molecule has 0 aliphatic carbocycles. The molecule has 0 aromatic carbocycles. The molecule has 0 radical (unpaired) electrons. The highest BCUT2D eigenvalue weighted by molar-refractivity contribution is 9.10. The van der Waals surface area contributed by atoms with Crippen LogP contribution in [0.2, 0.25) is 0 Å². The van der Waals surface area contributed by atoms with Gasteiger partial charge in [0.2, 0.25) is 0 Å². The molecule has 0 atom stereocenters. The maximum absolute atomic E-state index is 8.47. The Labute approximate surface area is 61.2 Å². The summed E-state index contributed by atoms with van der Waals surface area (Å²) in [5.74, 6) is 0. The Kier molecular flexibility index (Phi) is 2.24. The van der Waals surface area contributed by atoms with E-state index in [4.69, 9.17) is 5.11 Å². The topological polar surface area (TPSA) is 48.9 Å². The van der Waals surface area contributed by atoms with E-state index in [0.717, 1.165) is 10.3 Å². The molecule has 1 rings (SSSR count). The molecule has 0 unspecified atom stereocenters. The van der Waals surface area contributed by atoms with Crippen LogP contribution in [0, 0.1) is 0 Å². The third-order valence-corrected chi connectivity index (χ3v) is 1.39. The third kappa shape index (κ3) is 1.80. The van der Waals surface area contributed by atoms with Crippen LogP contribution in [0.25, 0.3) is 0 Å². The number of aliphatic hydroxyl groups is 1. The predicted molar refractivity (Wildman–Crippen MR) is 37.1 cm³/mol. The number of hydrogen-bond donors (Lipinski definition) is 2. The summed E-state index contributed by atoms with van der Waals surface area (Å²) < 4.78 is 0.783. The van der Waals surface area contributed by atoms with Gasteiger partial charge in [0.05, 0.1) is 0 Å². The van der Waals surface area contributed by atoms with Crippen molar-refractivity contribution in [3.63, 3.8) is 0 Å². The summed E-state index contributed by atoms with van der Waals surface area (Å²) in [6.45, 7) is 0.161. The van der Waals surface area contributed by atoms with Crippen LogP contribution in [-0.2, 0) is 6.42 Å². The first kappa shape index (κ1) is 6.77. The van der Waals surface area contributed by atoms with Gasteiger partial charge in [0, 0.05) is 18.7 Å². The standard InChI is InChI=1S/C5H7BrN2O/c6-5-3-4(1-2-9)7-8-5/h3,9H,1-2H2,(H,7,8). The van der Waals surface area contributed by atoms with Crippen molar-refractivity contribution >= 4 is 15.9 Å². The van der Waals surface area contributed by atoms with Gasteiger partial charge in [0.25, 0.3) is 0 Å². The molecule has 3 nitrogen and oxygen atoms in total. The second kappa shape index (κ2) is 2.98. The van der Waals surface area contributed by atoms with Gasteiger partial charge in [-0.05, 0) is 22.0 Å². The van der Waals surface area contributed by atoms with Crippen LogP contribution in [-0.4, -0.2) is 21.9 Å². The predicted octanol–water partition coefficient (Wildman–Crippen LogP) is 0.707. The molecule has 0 spiro atoms. The molecule has 9 heavy (non-hydrogen) atoms. The SMILES string of the molecule is OCCc1cc(Br)n[nH]1. The molecule has 0 fully saturated rings. The minimum atomic E-state index is 0.161. The fourth-order valence-corrected chi connectivity index (χ4v) is 0.947. The number of aromatic amines is 1. The van der Waals surface area contributed by atoms with E-state index in [1.54, 1.807) is 0 Å². The molecule has 0 bridgehead atoms. The van der Waals surface area contributed by atoms with Crippen molar-refractivity contribution in [3.8, 4) is 0 Å². The maximum Gasteiger partial charge on any atom is 0.128 e. The van der Waals surface area contributed by atoms with E-state index < -0.39 is 0 Å². The number of nitrogens with one attached hydrogen (secondary N) is 1. The summed E-state index contributed by atoms with van der Waals surface area (Å²) in [6.07, 6.45) is 0.638. The number of halogens is 1. The van der Waals surface area contributed by atoms with Gasteiger partial charge in [0.15, 0.2) is 0 Å². The molecule has 0 saturated heterocycles. The van der Waals surface area contributed by atoms with Crippen molar-refractivity contribution in [1.29, 1.82) is 0 Å². The summed E-state index contributed by atoms with van der Waals surface area (Å²) >= 11 is 3.18. The number of aliphatic hydroxyl groups excluding tert-OH is 1. The largest absolute Gasteiger partial charge is 0.396 e. The number of hydrogen-bond acceptors (Lipinski definition) is 2. The lowest BCUT2D eigenvalue weighted by atomic mass is 10.3. The van der Waals surface area contributed by atoms with E-state index >= 15 is 0 Å². The normalized spacial score (nSPS) is 10.0. The average Bonchev–Trinajstić information content (AvgIpc) is 2.17. The monoisotopic (exact) mass is 190 g/mol. The van der Waals surface area contributed by atoms with Crippen LogP contribution < -0.4 is 0 Å². The number of nitrogens with zero attached hydrogens (tertiary/aromatic N) is 1. The Balaban J connectivity index is 2.61. The Morgan fingerprint density at radius 3 is 3.00 bits per heavy atom. The lowest BCUT2D eigenvalue weighted by Crippen LogP contribution is -1.89. The summed E-state index contributed by atoms with van der Waals surface area (Å²) in [5, 5.41) is 15.0. The summed E-state index contributed by atoms with van der Waals surface area (Å²) in [4.78, 5) is 0. The molecular weight excluding hydrogens is 184 g/mol. The number of H-pyrrole nitrogens is 1. The van der Waals surface area contributed by atoms with Crippen molar-refractivity contribution in [1.82, 2.24) is 10.2 Å². The lowest BCUT2D eigenvalue weighted by Gasteiger charge is -1.85. The Bertz CT molecular complexity index is 187. The van der Waals surface area contributed by atoms with Crippen LogP contribution in [0.3, 0.4) is 0 Å². The highest BCUT2D eigenvalue weighted by atomic mass is 79.9. The number of rotatable bonds is 2. The van der Waals surface area contributed by atoms with E-state index in [9.17, 15) is 0 Å². The second-order valence-corrected chi connectivity index (χ2v) is 2.50. The average molecular weight is 191 g/mol. The molecule has 1 aromatic rings. The van der Waals surface area contributed by atoms with Crippen molar-refractivity contribution < 1.29 is 5.11 Å². The molecule has 0 aliphatic heterocycles. The zero-order chi connectivity index (χ0) is 6.69. The molecule has 1 heterocycles. The fourth-order valence-electron chi connectivity index (χ4n) is 0.582. The van der Waals surface area contributed by atoms with Gasteiger partial charge >= 0.3 is 0 Å². The quantitative estimate of drug-likeness (QED) is 0.722. The summed E-state index contributed by atoms with van der Waals surface area (Å²) in [6, 6.07) is 1.84. The first-order valence-electron chi connectivity index (χ1n) is 2.63. The van der Waals surface area contributed by atoms with Gasteiger partial charge in [0.1, 0.15) is 4.60 Å². The van der Waals surface area contributed by atoms with Crippen molar-refractivity contribution in [2.45, 2.75) is 6.42 Å². The van der Waals surface area contributed by atoms with E-state index in [-0.39, 0.29) is 6.61 Å². The van der Waals surface area contributed by atoms with Gasteiger partial charge in [-0.3, -0.25) is 5.10 Å². The second-order valence-electron chi connectivity index (χ2n) is 1.69. The lowest BCUT2D eigenvalue weighted by molar-refractivity contribution is 0.298. The van der Waals surface area contributed by atoms with E-state index in [1.807, 2.05) is 6.07 Å². The third-order valence-electron chi connectivity index (χ3n) is 0.981. The first-order chi connectivity index (χ1) is 4.33. The minimum Gasteiger partial charge on any atom is -0.396 e. The highest BCUT2D eigenvalue weighted by Gasteiger charge is 1.94. The minimum absolute atomic E-state index is 0.161. The van der Waals surface area contributed by atoms with Gasteiger partial charge < -0.3 is 5.11 Å². The maximum atomic E-state index is 8.47. The van der Waals surface area contributed by atoms with Gasteiger partial charge in [-0.2, -0.15) is 5.10 Å². The smallest absolute Gasteiger partial charge is 0.128 e. The van der Waals surface area contributed by atoms with Crippen LogP contribution in [0.1, 0.15) is 5.69 Å². The van der Waals surface area contributed by atoms with Crippen LogP contribution >= 0.6 is 15.9 Å². The fraction of sp³-hybridized carbons (Fsp3) is 0.400. The highest BCUT2D eigenvalue weighted by Crippen LogP contribution is 2.06.